The van der Waals surface area contributed by atoms with Gasteiger partial charge in [-0.25, -0.2) is 4.39 Å². The Balaban J connectivity index is 2.09. The second kappa shape index (κ2) is 5.02. The summed E-state index contributed by atoms with van der Waals surface area (Å²) in [5, 5.41) is 0.0799. The van der Waals surface area contributed by atoms with Crippen LogP contribution in [0.15, 0.2) is 18.2 Å². The number of hydrogen-bond donors (Lipinski definition) is 1. The van der Waals surface area contributed by atoms with Gasteiger partial charge in [0.05, 0.1) is 11.1 Å². The number of nitrogens with zero attached hydrogens (tertiary/aromatic N) is 1. The minimum absolute atomic E-state index is 0.0447. The quantitative estimate of drug-likeness (QED) is 0.879. The Bertz CT molecular complexity index is 439. The van der Waals surface area contributed by atoms with Gasteiger partial charge in [0, 0.05) is 13.1 Å². The van der Waals surface area contributed by atoms with Crippen molar-refractivity contribution in [1.82, 2.24) is 4.90 Å². The van der Waals surface area contributed by atoms with E-state index in [1.807, 2.05) is 0 Å². The van der Waals surface area contributed by atoms with Crippen molar-refractivity contribution in [3.05, 3.63) is 34.6 Å². The standard InChI is InChI=1S/C12H14ClFN2O/c13-9-6-8(3-4-10(9)14)7-16-5-1-2-11(15)12(16)17/h3-4,6,11H,1-2,5,7,15H2. The molecule has 92 valence electrons. The highest BCUT2D eigenvalue weighted by atomic mass is 35.5. The number of amides is 1. The topological polar surface area (TPSA) is 46.3 Å². The van der Waals surface area contributed by atoms with Gasteiger partial charge in [-0.15, -0.1) is 0 Å². The highest BCUT2D eigenvalue weighted by Gasteiger charge is 2.25. The Morgan fingerprint density at radius 2 is 2.29 bits per heavy atom. The maximum absolute atomic E-state index is 13.0. The molecule has 5 heteroatoms. The maximum atomic E-state index is 13.0. The molecule has 3 nitrogen and oxygen atoms in total. The third-order valence-electron chi connectivity index (χ3n) is 2.93. The van der Waals surface area contributed by atoms with Crippen molar-refractivity contribution in [2.24, 2.45) is 5.73 Å². The van der Waals surface area contributed by atoms with Crippen molar-refractivity contribution < 1.29 is 9.18 Å². The van der Waals surface area contributed by atoms with Gasteiger partial charge < -0.3 is 10.6 Å². The Morgan fingerprint density at radius 3 is 3.00 bits per heavy atom. The zero-order chi connectivity index (χ0) is 12.4. The molecule has 0 aromatic heterocycles. The number of rotatable bonds is 2. The Kier molecular flexibility index (Phi) is 3.64. The average molecular weight is 257 g/mol. The molecule has 1 aromatic rings. The van der Waals surface area contributed by atoms with Gasteiger partial charge in [-0.2, -0.15) is 0 Å². The van der Waals surface area contributed by atoms with Crippen molar-refractivity contribution in [2.75, 3.05) is 6.54 Å². The molecular formula is C12H14ClFN2O. The van der Waals surface area contributed by atoms with Crippen LogP contribution in [0, 0.1) is 5.82 Å². The van der Waals surface area contributed by atoms with Crippen LogP contribution in [0.3, 0.4) is 0 Å². The first-order chi connectivity index (χ1) is 8.08. The molecule has 0 spiro atoms. The lowest BCUT2D eigenvalue weighted by Gasteiger charge is -2.30. The number of nitrogens with two attached hydrogens (primary N) is 1. The first-order valence-corrected chi connectivity index (χ1v) is 5.94. The molecule has 1 heterocycles. The second-order valence-corrected chi connectivity index (χ2v) is 4.66. The van der Waals surface area contributed by atoms with Crippen molar-refractivity contribution in [2.45, 2.75) is 25.4 Å². The number of benzene rings is 1. The summed E-state index contributed by atoms with van der Waals surface area (Å²) in [7, 11) is 0. The number of piperidine rings is 1. The summed E-state index contributed by atoms with van der Waals surface area (Å²) >= 11 is 5.69. The summed E-state index contributed by atoms with van der Waals surface area (Å²) in [5.74, 6) is -0.492. The Morgan fingerprint density at radius 1 is 1.53 bits per heavy atom. The van der Waals surface area contributed by atoms with E-state index in [9.17, 15) is 9.18 Å². The number of likely N-dealkylation sites (tertiary alicyclic amines) is 1. The predicted octanol–water partition coefficient (Wildman–Crippen LogP) is 1.93. The largest absolute Gasteiger partial charge is 0.337 e. The monoisotopic (exact) mass is 256 g/mol. The van der Waals surface area contributed by atoms with E-state index in [4.69, 9.17) is 17.3 Å². The van der Waals surface area contributed by atoms with E-state index in [0.717, 1.165) is 18.4 Å². The molecule has 1 aliphatic rings. The fourth-order valence-electron chi connectivity index (χ4n) is 1.99. The van der Waals surface area contributed by atoms with Crippen molar-refractivity contribution in [1.29, 1.82) is 0 Å². The van der Waals surface area contributed by atoms with Crippen molar-refractivity contribution in [3.63, 3.8) is 0 Å². The van der Waals surface area contributed by atoms with Crippen LogP contribution >= 0.6 is 11.6 Å². The van der Waals surface area contributed by atoms with Gasteiger partial charge in [-0.05, 0) is 30.5 Å². The van der Waals surface area contributed by atoms with E-state index in [1.165, 1.54) is 6.07 Å². The lowest BCUT2D eigenvalue weighted by Crippen LogP contribution is -2.47. The third-order valence-corrected chi connectivity index (χ3v) is 3.22. The zero-order valence-corrected chi connectivity index (χ0v) is 10.1. The molecule has 1 atom stereocenters. The minimum atomic E-state index is -0.447. The summed E-state index contributed by atoms with van der Waals surface area (Å²) < 4.78 is 13.0. The SMILES string of the molecule is NC1CCCN(Cc2ccc(F)c(Cl)c2)C1=O. The molecule has 1 aromatic carbocycles. The number of carbonyl (C=O) groups is 1. The molecule has 0 aliphatic carbocycles. The van der Waals surface area contributed by atoms with Crippen LogP contribution in [0.4, 0.5) is 4.39 Å². The molecular weight excluding hydrogens is 243 g/mol. The van der Waals surface area contributed by atoms with Gasteiger partial charge in [-0.3, -0.25) is 4.79 Å². The third kappa shape index (κ3) is 2.76. The molecule has 17 heavy (non-hydrogen) atoms. The normalized spacial score (nSPS) is 20.8. The van der Waals surface area contributed by atoms with Gasteiger partial charge >= 0.3 is 0 Å². The van der Waals surface area contributed by atoms with E-state index < -0.39 is 11.9 Å². The molecule has 0 bridgehead atoms. The fraction of sp³-hybridized carbons (Fsp3) is 0.417. The predicted molar refractivity (Wildman–Crippen MR) is 64.0 cm³/mol. The van der Waals surface area contributed by atoms with Crippen LogP contribution in [0.2, 0.25) is 5.02 Å². The number of halogens is 2. The first kappa shape index (κ1) is 12.3. The van der Waals surface area contributed by atoms with E-state index >= 15 is 0 Å². The van der Waals surface area contributed by atoms with Gasteiger partial charge in [0.25, 0.3) is 0 Å². The highest BCUT2D eigenvalue weighted by molar-refractivity contribution is 6.30. The summed E-state index contributed by atoms with van der Waals surface area (Å²) in [6.45, 7) is 1.13. The number of hydrogen-bond acceptors (Lipinski definition) is 2. The summed E-state index contributed by atoms with van der Waals surface area (Å²) in [5.41, 5.74) is 6.52. The summed E-state index contributed by atoms with van der Waals surface area (Å²) in [4.78, 5) is 13.5. The summed E-state index contributed by atoms with van der Waals surface area (Å²) in [6.07, 6.45) is 1.64. The van der Waals surface area contributed by atoms with Crippen LogP contribution in [-0.2, 0) is 11.3 Å². The van der Waals surface area contributed by atoms with E-state index in [0.29, 0.717) is 13.1 Å². The van der Waals surface area contributed by atoms with Gasteiger partial charge in [0.2, 0.25) is 5.91 Å². The van der Waals surface area contributed by atoms with Gasteiger partial charge in [-0.1, -0.05) is 17.7 Å². The first-order valence-electron chi connectivity index (χ1n) is 5.56. The van der Waals surface area contributed by atoms with Crippen LogP contribution < -0.4 is 5.73 Å². The molecule has 1 amide bonds. The lowest BCUT2D eigenvalue weighted by molar-refractivity contribution is -0.135. The molecule has 1 fully saturated rings. The van der Waals surface area contributed by atoms with Crippen LogP contribution in [0.1, 0.15) is 18.4 Å². The van der Waals surface area contributed by atoms with E-state index in [2.05, 4.69) is 0 Å². The molecule has 2 rings (SSSR count). The van der Waals surface area contributed by atoms with E-state index in [-0.39, 0.29) is 10.9 Å². The van der Waals surface area contributed by atoms with Crippen LogP contribution in [0.5, 0.6) is 0 Å². The fourth-order valence-corrected chi connectivity index (χ4v) is 2.19. The van der Waals surface area contributed by atoms with Gasteiger partial charge in [0.1, 0.15) is 5.82 Å². The molecule has 0 radical (unpaired) electrons. The summed E-state index contributed by atoms with van der Waals surface area (Å²) in [6, 6.07) is 4.09. The molecule has 2 N–H and O–H groups in total. The van der Waals surface area contributed by atoms with Gasteiger partial charge in [0.15, 0.2) is 0 Å². The lowest BCUT2D eigenvalue weighted by atomic mass is 10.0. The average Bonchev–Trinajstić information content (AvgIpc) is 2.30. The minimum Gasteiger partial charge on any atom is -0.337 e. The van der Waals surface area contributed by atoms with Crippen molar-refractivity contribution >= 4 is 17.5 Å². The van der Waals surface area contributed by atoms with Crippen molar-refractivity contribution in [3.8, 4) is 0 Å². The van der Waals surface area contributed by atoms with E-state index in [1.54, 1.807) is 17.0 Å². The smallest absolute Gasteiger partial charge is 0.239 e. The Hall–Kier alpha value is -1.13. The number of carbonyl (C=O) groups excluding carboxylic acids is 1. The van der Waals surface area contributed by atoms with Crippen LogP contribution in [-0.4, -0.2) is 23.4 Å². The molecule has 0 saturated carbocycles. The van der Waals surface area contributed by atoms with Crippen LogP contribution in [0.25, 0.3) is 0 Å². The second-order valence-electron chi connectivity index (χ2n) is 4.26. The maximum Gasteiger partial charge on any atom is 0.239 e. The molecule has 1 saturated heterocycles. The zero-order valence-electron chi connectivity index (χ0n) is 9.33. The Labute approximate surface area is 104 Å². The molecule has 1 unspecified atom stereocenters. The molecule has 1 aliphatic heterocycles. The highest BCUT2D eigenvalue weighted by Crippen LogP contribution is 2.19.